The molecule has 3 rings (SSSR count). The van der Waals surface area contributed by atoms with E-state index in [2.05, 4.69) is 70.4 Å². The zero-order valence-electron chi connectivity index (χ0n) is 24.1. The van der Waals surface area contributed by atoms with Gasteiger partial charge in [-0.05, 0) is 86.0 Å². The summed E-state index contributed by atoms with van der Waals surface area (Å²) in [6, 6.07) is 4.61. The van der Waals surface area contributed by atoms with Crippen LogP contribution in [0.5, 0.6) is 0 Å². The van der Waals surface area contributed by atoms with Crippen molar-refractivity contribution < 1.29 is 18.8 Å². The SMILES string of the molecule is CC(C)(C)OC(=O)N(c1ccncc1NC(=O)c1nc(Br)ccc1N)[C@H]1CCNC[C@@H]1O[Si](C)(C)C(C)(C)C. The van der Waals surface area contributed by atoms with Crippen LogP contribution in [0.2, 0.25) is 18.1 Å². The Morgan fingerprint density at radius 2 is 1.87 bits per heavy atom. The third-order valence-corrected chi connectivity index (χ3v) is 11.9. The van der Waals surface area contributed by atoms with E-state index in [1.54, 1.807) is 29.3 Å². The molecule has 0 radical (unpaired) electrons. The van der Waals surface area contributed by atoms with Crippen molar-refractivity contribution in [2.75, 3.05) is 29.0 Å². The van der Waals surface area contributed by atoms with E-state index >= 15 is 0 Å². The number of amides is 2. The number of nitrogens with zero attached hydrogens (tertiary/aromatic N) is 3. The van der Waals surface area contributed by atoms with Crippen LogP contribution >= 0.6 is 15.9 Å². The fourth-order valence-corrected chi connectivity index (χ4v) is 5.67. The van der Waals surface area contributed by atoms with Gasteiger partial charge >= 0.3 is 6.09 Å². The van der Waals surface area contributed by atoms with Crippen LogP contribution in [-0.4, -0.2) is 61.1 Å². The summed E-state index contributed by atoms with van der Waals surface area (Å²) in [5, 5.41) is 6.26. The number of halogens is 1. The molecule has 0 saturated carbocycles. The molecule has 1 fully saturated rings. The second-order valence-corrected chi connectivity index (χ2v) is 17.8. The van der Waals surface area contributed by atoms with E-state index in [0.717, 1.165) is 0 Å². The number of carbonyl (C=O) groups is 2. The topological polar surface area (TPSA) is 132 Å². The Morgan fingerprint density at radius 1 is 1.18 bits per heavy atom. The molecule has 0 aliphatic carbocycles. The normalized spacial score (nSPS) is 18.4. The average molecular weight is 622 g/mol. The van der Waals surface area contributed by atoms with Crippen molar-refractivity contribution in [1.82, 2.24) is 15.3 Å². The number of aromatic nitrogens is 2. The summed E-state index contributed by atoms with van der Waals surface area (Å²) in [6.45, 7) is 17.7. The summed E-state index contributed by atoms with van der Waals surface area (Å²) < 4.78 is 13.2. The number of anilines is 3. The molecule has 0 spiro atoms. The van der Waals surface area contributed by atoms with Crippen LogP contribution in [0.25, 0.3) is 0 Å². The summed E-state index contributed by atoms with van der Waals surface area (Å²) in [5.74, 6) is -0.522. The zero-order chi connectivity index (χ0) is 29.2. The summed E-state index contributed by atoms with van der Waals surface area (Å²) in [7, 11) is -2.19. The van der Waals surface area contributed by atoms with Gasteiger partial charge in [-0.2, -0.15) is 0 Å². The molecule has 2 amide bonds. The van der Waals surface area contributed by atoms with Crippen LogP contribution in [0.3, 0.4) is 0 Å². The molecular weight excluding hydrogens is 580 g/mol. The first kappa shape index (κ1) is 31.0. The fraction of sp³-hybridized carbons (Fsp3) is 0.556. The van der Waals surface area contributed by atoms with Crippen LogP contribution in [0.1, 0.15) is 58.5 Å². The third-order valence-electron chi connectivity index (χ3n) is 6.98. The van der Waals surface area contributed by atoms with Crippen LogP contribution in [-0.2, 0) is 9.16 Å². The van der Waals surface area contributed by atoms with Crippen molar-refractivity contribution >= 4 is 53.3 Å². The van der Waals surface area contributed by atoms with Gasteiger partial charge in [-0.25, -0.2) is 9.78 Å². The van der Waals surface area contributed by atoms with Gasteiger partial charge in [0.05, 0.1) is 35.4 Å². The quantitative estimate of drug-likeness (QED) is 0.282. The minimum absolute atomic E-state index is 0.0154. The monoisotopic (exact) mass is 620 g/mol. The van der Waals surface area contributed by atoms with Gasteiger partial charge < -0.3 is 25.5 Å². The molecule has 2 aromatic heterocycles. The molecule has 39 heavy (non-hydrogen) atoms. The van der Waals surface area contributed by atoms with E-state index in [0.29, 0.717) is 35.5 Å². The van der Waals surface area contributed by atoms with Gasteiger partial charge in [-0.15, -0.1) is 0 Å². The Hall–Kier alpha value is -2.54. The Kier molecular flexibility index (Phi) is 9.46. The molecule has 0 unspecified atom stereocenters. The third kappa shape index (κ3) is 7.77. The smallest absolute Gasteiger partial charge is 0.415 e. The molecule has 12 heteroatoms. The molecule has 1 saturated heterocycles. The number of piperidine rings is 1. The highest BCUT2D eigenvalue weighted by Crippen LogP contribution is 2.39. The number of nitrogens with one attached hydrogen (secondary N) is 2. The number of carbonyl (C=O) groups excluding carboxylic acids is 2. The van der Waals surface area contributed by atoms with Crippen molar-refractivity contribution in [2.45, 2.75) is 83.8 Å². The minimum atomic E-state index is -2.19. The van der Waals surface area contributed by atoms with Crippen LogP contribution in [0.4, 0.5) is 21.9 Å². The van der Waals surface area contributed by atoms with Gasteiger partial charge in [0.1, 0.15) is 10.2 Å². The Labute approximate surface area is 240 Å². The van der Waals surface area contributed by atoms with Crippen LogP contribution in [0, 0.1) is 0 Å². The summed E-state index contributed by atoms with van der Waals surface area (Å²) >= 11 is 3.29. The van der Waals surface area contributed by atoms with Gasteiger partial charge in [0.15, 0.2) is 14.0 Å². The number of pyridine rings is 2. The minimum Gasteiger partial charge on any atom is -0.443 e. The molecule has 214 valence electrons. The lowest BCUT2D eigenvalue weighted by Gasteiger charge is -2.46. The van der Waals surface area contributed by atoms with Crippen molar-refractivity contribution in [3.8, 4) is 0 Å². The lowest BCUT2D eigenvalue weighted by molar-refractivity contribution is 0.0495. The molecule has 1 aliphatic heterocycles. The van der Waals surface area contributed by atoms with Gasteiger partial charge in [-0.1, -0.05) is 20.8 Å². The Bertz CT molecular complexity index is 1200. The van der Waals surface area contributed by atoms with Gasteiger partial charge in [0.25, 0.3) is 5.91 Å². The van der Waals surface area contributed by atoms with E-state index < -0.39 is 25.9 Å². The van der Waals surface area contributed by atoms with Crippen molar-refractivity contribution in [1.29, 1.82) is 0 Å². The molecule has 1 aliphatic rings. The van der Waals surface area contributed by atoms with Crippen LogP contribution in [0.15, 0.2) is 35.2 Å². The molecule has 2 aromatic rings. The average Bonchev–Trinajstić information content (AvgIpc) is 2.81. The maximum atomic E-state index is 13.8. The second kappa shape index (κ2) is 11.9. The van der Waals surface area contributed by atoms with E-state index in [4.69, 9.17) is 14.9 Å². The second-order valence-electron chi connectivity index (χ2n) is 12.2. The number of rotatable bonds is 6. The van der Waals surface area contributed by atoms with E-state index in [9.17, 15) is 9.59 Å². The highest BCUT2D eigenvalue weighted by molar-refractivity contribution is 9.10. The largest absolute Gasteiger partial charge is 0.443 e. The predicted octanol–water partition coefficient (Wildman–Crippen LogP) is 5.57. The molecule has 4 N–H and O–H groups in total. The van der Waals surface area contributed by atoms with Crippen molar-refractivity contribution in [3.05, 3.63) is 40.9 Å². The van der Waals surface area contributed by atoms with Gasteiger partial charge in [0.2, 0.25) is 0 Å². The summed E-state index contributed by atoms with van der Waals surface area (Å²) in [6.07, 6.45) is 2.91. The van der Waals surface area contributed by atoms with Crippen molar-refractivity contribution in [2.24, 2.45) is 0 Å². The first-order chi connectivity index (χ1) is 18.0. The number of hydrogen-bond acceptors (Lipinski definition) is 8. The Balaban J connectivity index is 2.06. The molecule has 10 nitrogen and oxygen atoms in total. The predicted molar refractivity (Wildman–Crippen MR) is 161 cm³/mol. The molecule has 0 aromatic carbocycles. The first-order valence-corrected chi connectivity index (χ1v) is 16.8. The highest BCUT2D eigenvalue weighted by Gasteiger charge is 2.44. The fourth-order valence-electron chi connectivity index (χ4n) is 4.01. The summed E-state index contributed by atoms with van der Waals surface area (Å²) in [4.78, 5) is 37.1. The lowest BCUT2D eigenvalue weighted by Crippen LogP contribution is -2.60. The number of hydrogen-bond donors (Lipinski definition) is 3. The molecule has 0 bridgehead atoms. The first-order valence-electron chi connectivity index (χ1n) is 13.1. The van der Waals surface area contributed by atoms with E-state index in [-0.39, 0.29) is 28.6 Å². The standard InChI is InChI=1S/C27H41BrN6O4Si/c1-26(2,3)37-25(36)34(20-12-14-31-16-21(20)38-39(7,8)27(4,5)6)19-11-13-30-15-18(19)32-24(35)23-17(29)9-10-22(28)33-23/h9-11,13,15,20-21,31H,12,14,16,29H2,1-8H3,(H,32,35)/t20-,21-/m0/s1. The van der Waals surface area contributed by atoms with E-state index in [1.165, 1.54) is 6.20 Å². The van der Waals surface area contributed by atoms with Gasteiger partial charge in [0, 0.05) is 12.7 Å². The molecule has 2 atom stereocenters. The Morgan fingerprint density at radius 3 is 2.51 bits per heavy atom. The number of ether oxygens (including phenoxy) is 1. The van der Waals surface area contributed by atoms with Gasteiger partial charge in [-0.3, -0.25) is 14.7 Å². The molecule has 3 heterocycles. The number of nitrogen functional groups attached to an aromatic ring is 1. The van der Waals surface area contributed by atoms with E-state index in [1.807, 2.05) is 20.8 Å². The van der Waals surface area contributed by atoms with Crippen molar-refractivity contribution in [3.63, 3.8) is 0 Å². The zero-order valence-corrected chi connectivity index (χ0v) is 26.7. The maximum Gasteiger partial charge on any atom is 0.415 e. The maximum absolute atomic E-state index is 13.8. The lowest BCUT2D eigenvalue weighted by atomic mass is 10.0. The number of nitrogens with two attached hydrogens (primary N) is 1. The summed E-state index contributed by atoms with van der Waals surface area (Å²) in [5.41, 5.74) is 6.37. The molecular formula is C27H41BrN6O4Si. The highest BCUT2D eigenvalue weighted by atomic mass is 79.9. The van der Waals surface area contributed by atoms with Crippen LogP contribution < -0.4 is 21.3 Å².